The molecule has 0 bridgehead atoms. The van der Waals surface area contributed by atoms with Gasteiger partial charge in [-0.05, 0) is 0 Å². The third-order valence-electron chi connectivity index (χ3n) is 1.14. The summed E-state index contributed by atoms with van der Waals surface area (Å²) in [5, 5.41) is 1.52. The number of nitrogens with zero attached hydrogens (tertiary/aromatic N) is 1. The fourth-order valence-corrected chi connectivity index (χ4v) is 1.91. The van der Waals surface area contributed by atoms with E-state index in [-0.39, 0.29) is 0 Å². The van der Waals surface area contributed by atoms with Gasteiger partial charge in [-0.3, -0.25) is 4.55 Å². The predicted octanol–water partition coefficient (Wildman–Crippen LogP) is 0.104. The highest BCUT2D eigenvalue weighted by atomic mass is 32.2. The van der Waals surface area contributed by atoms with Gasteiger partial charge >= 0.3 is 11.4 Å². The SMILES string of the molecule is O=S(O)ON1CCSCC1. The number of thioether (sulfide) groups is 1. The van der Waals surface area contributed by atoms with Crippen molar-refractivity contribution >= 4 is 23.1 Å². The van der Waals surface area contributed by atoms with E-state index in [1.165, 1.54) is 5.06 Å². The van der Waals surface area contributed by atoms with Crippen molar-refractivity contribution in [2.45, 2.75) is 0 Å². The van der Waals surface area contributed by atoms with E-state index >= 15 is 0 Å². The van der Waals surface area contributed by atoms with Crippen LogP contribution in [-0.2, 0) is 15.6 Å². The van der Waals surface area contributed by atoms with Crippen LogP contribution in [0.2, 0.25) is 0 Å². The highest BCUT2D eigenvalue weighted by Crippen LogP contribution is 2.09. The molecule has 0 radical (unpaired) electrons. The highest BCUT2D eigenvalue weighted by molar-refractivity contribution is 7.99. The maximum absolute atomic E-state index is 10.1. The van der Waals surface area contributed by atoms with E-state index in [1.54, 1.807) is 0 Å². The Morgan fingerprint density at radius 1 is 1.50 bits per heavy atom. The Hall–Kier alpha value is 0.380. The Bertz CT molecular complexity index is 126. The Kier molecular flexibility index (Phi) is 3.64. The topological polar surface area (TPSA) is 49.8 Å². The molecule has 0 aromatic heterocycles. The zero-order chi connectivity index (χ0) is 7.40. The summed E-state index contributed by atoms with van der Waals surface area (Å²) in [7, 11) is 0. The summed E-state index contributed by atoms with van der Waals surface area (Å²) in [6.07, 6.45) is 0. The fraction of sp³-hybridized carbons (Fsp3) is 1.00. The molecule has 1 unspecified atom stereocenters. The molecule has 0 amide bonds. The predicted molar refractivity (Wildman–Crippen MR) is 40.8 cm³/mol. The van der Waals surface area contributed by atoms with E-state index in [0.717, 1.165) is 24.6 Å². The second-order valence-corrected chi connectivity index (χ2v) is 3.64. The van der Waals surface area contributed by atoms with Gasteiger partial charge in [-0.2, -0.15) is 25.3 Å². The third kappa shape index (κ3) is 2.98. The monoisotopic (exact) mass is 183 g/mol. The molecule has 1 saturated heterocycles. The molecule has 60 valence electrons. The van der Waals surface area contributed by atoms with E-state index in [4.69, 9.17) is 4.55 Å². The van der Waals surface area contributed by atoms with Gasteiger partial charge in [0.05, 0.1) is 0 Å². The van der Waals surface area contributed by atoms with E-state index in [1.807, 2.05) is 11.8 Å². The van der Waals surface area contributed by atoms with Crippen molar-refractivity contribution in [1.82, 2.24) is 5.06 Å². The number of hydrogen-bond donors (Lipinski definition) is 1. The lowest BCUT2D eigenvalue weighted by molar-refractivity contribution is -0.0430. The van der Waals surface area contributed by atoms with Crippen LogP contribution in [0.1, 0.15) is 0 Å². The summed E-state index contributed by atoms with van der Waals surface area (Å²) < 4.78 is 23.0. The average molecular weight is 183 g/mol. The number of hydroxylamine groups is 2. The minimum absolute atomic E-state index is 0.733. The van der Waals surface area contributed by atoms with Crippen LogP contribution in [0.4, 0.5) is 0 Å². The Labute approximate surface area is 66.4 Å². The Balaban J connectivity index is 2.19. The molecule has 0 saturated carbocycles. The van der Waals surface area contributed by atoms with E-state index in [0.29, 0.717) is 0 Å². The molecular weight excluding hydrogens is 174 g/mol. The molecule has 1 rings (SSSR count). The Morgan fingerprint density at radius 3 is 2.60 bits per heavy atom. The molecule has 1 aliphatic heterocycles. The highest BCUT2D eigenvalue weighted by Gasteiger charge is 2.12. The second kappa shape index (κ2) is 4.30. The summed E-state index contributed by atoms with van der Waals surface area (Å²) in [6, 6.07) is 0. The minimum Gasteiger partial charge on any atom is -0.283 e. The summed E-state index contributed by atoms with van der Waals surface area (Å²) in [5.41, 5.74) is 0. The maximum Gasteiger partial charge on any atom is 0.319 e. The molecule has 6 heteroatoms. The van der Waals surface area contributed by atoms with Crippen molar-refractivity contribution in [3.63, 3.8) is 0 Å². The van der Waals surface area contributed by atoms with Gasteiger partial charge in [-0.1, -0.05) is 0 Å². The zero-order valence-corrected chi connectivity index (χ0v) is 6.99. The summed E-state index contributed by atoms with van der Waals surface area (Å²) in [5.74, 6) is 1.94. The fourth-order valence-electron chi connectivity index (χ4n) is 0.711. The third-order valence-corrected chi connectivity index (χ3v) is 2.42. The smallest absolute Gasteiger partial charge is 0.283 e. The average Bonchev–Trinajstić information content (AvgIpc) is 1.88. The van der Waals surface area contributed by atoms with Crippen molar-refractivity contribution in [1.29, 1.82) is 0 Å². The van der Waals surface area contributed by atoms with Gasteiger partial charge in [0.1, 0.15) is 0 Å². The number of hydrogen-bond acceptors (Lipinski definition) is 4. The van der Waals surface area contributed by atoms with Gasteiger partial charge < -0.3 is 0 Å². The first-order chi connectivity index (χ1) is 4.79. The molecule has 1 atom stereocenters. The molecular formula is C4H9NO3S2. The van der Waals surface area contributed by atoms with Crippen LogP contribution in [0.15, 0.2) is 0 Å². The summed E-state index contributed by atoms with van der Waals surface area (Å²) >= 11 is -0.323. The molecule has 0 aromatic carbocycles. The van der Waals surface area contributed by atoms with Crippen molar-refractivity contribution in [2.75, 3.05) is 24.6 Å². The van der Waals surface area contributed by atoms with Crippen LogP contribution in [0.3, 0.4) is 0 Å². The molecule has 0 aromatic rings. The lowest BCUT2D eigenvalue weighted by Crippen LogP contribution is -2.33. The van der Waals surface area contributed by atoms with Gasteiger partial charge in [0.25, 0.3) is 0 Å². The van der Waals surface area contributed by atoms with Gasteiger partial charge in [0.2, 0.25) is 0 Å². The van der Waals surface area contributed by atoms with Crippen LogP contribution in [-0.4, -0.2) is 38.4 Å². The summed E-state index contributed by atoms with van der Waals surface area (Å²) in [6.45, 7) is 1.47. The first kappa shape index (κ1) is 8.48. The van der Waals surface area contributed by atoms with Crippen molar-refractivity contribution < 1.29 is 13.0 Å². The quantitative estimate of drug-likeness (QED) is 0.615. The van der Waals surface area contributed by atoms with Crippen molar-refractivity contribution in [3.8, 4) is 0 Å². The minimum atomic E-state index is -2.15. The first-order valence-electron chi connectivity index (χ1n) is 2.91. The lowest BCUT2D eigenvalue weighted by atomic mass is 10.6. The van der Waals surface area contributed by atoms with Gasteiger partial charge in [-0.15, -0.1) is 0 Å². The van der Waals surface area contributed by atoms with Crippen molar-refractivity contribution in [2.24, 2.45) is 0 Å². The lowest BCUT2D eigenvalue weighted by Gasteiger charge is -2.22. The second-order valence-electron chi connectivity index (χ2n) is 1.83. The first-order valence-corrected chi connectivity index (χ1v) is 5.09. The molecule has 1 heterocycles. The van der Waals surface area contributed by atoms with Gasteiger partial charge in [0.15, 0.2) is 0 Å². The largest absolute Gasteiger partial charge is 0.319 e. The van der Waals surface area contributed by atoms with E-state index in [9.17, 15) is 4.21 Å². The van der Waals surface area contributed by atoms with Crippen LogP contribution >= 0.6 is 11.8 Å². The normalized spacial score (nSPS) is 24.5. The molecule has 0 aliphatic carbocycles. The van der Waals surface area contributed by atoms with Crippen LogP contribution < -0.4 is 0 Å². The standard InChI is InChI=1S/C4H9NO3S2/c6-10(7)8-5-1-3-9-4-2-5/h1-4H2,(H,6,7). The molecule has 10 heavy (non-hydrogen) atoms. The molecule has 0 spiro atoms. The molecule has 1 fully saturated rings. The van der Waals surface area contributed by atoms with E-state index in [2.05, 4.69) is 4.28 Å². The van der Waals surface area contributed by atoms with Gasteiger partial charge in [0, 0.05) is 24.6 Å². The Morgan fingerprint density at radius 2 is 2.10 bits per heavy atom. The van der Waals surface area contributed by atoms with Crippen LogP contribution in [0.25, 0.3) is 0 Å². The van der Waals surface area contributed by atoms with Crippen LogP contribution in [0.5, 0.6) is 0 Å². The van der Waals surface area contributed by atoms with Crippen LogP contribution in [0, 0.1) is 0 Å². The van der Waals surface area contributed by atoms with E-state index < -0.39 is 11.4 Å². The van der Waals surface area contributed by atoms with Crippen molar-refractivity contribution in [3.05, 3.63) is 0 Å². The number of rotatable bonds is 2. The zero-order valence-electron chi connectivity index (χ0n) is 5.36. The summed E-state index contributed by atoms with van der Waals surface area (Å²) in [4.78, 5) is 0. The van der Waals surface area contributed by atoms with Gasteiger partial charge in [-0.25, -0.2) is 0 Å². The molecule has 4 nitrogen and oxygen atoms in total. The molecule has 1 aliphatic rings. The maximum atomic E-state index is 10.1. The molecule has 1 N–H and O–H groups in total.